The molecule has 0 radical (unpaired) electrons. The summed E-state index contributed by atoms with van der Waals surface area (Å²) in [6.07, 6.45) is 5.20. The van der Waals surface area contributed by atoms with Gasteiger partial charge < -0.3 is 9.47 Å². The second kappa shape index (κ2) is 8.55. The Morgan fingerprint density at radius 2 is 1.77 bits per heavy atom. The summed E-state index contributed by atoms with van der Waals surface area (Å²) in [7, 11) is 0. The number of halogens is 1. The second-order valence-corrected chi connectivity index (χ2v) is 8.16. The summed E-state index contributed by atoms with van der Waals surface area (Å²) >= 11 is 0. The van der Waals surface area contributed by atoms with E-state index in [-0.39, 0.29) is 17.6 Å². The number of nitrogens with zero attached hydrogens (tertiary/aromatic N) is 6. The van der Waals surface area contributed by atoms with Crippen molar-refractivity contribution in [2.45, 2.75) is 31.8 Å². The molecule has 1 saturated heterocycles. The molecule has 1 fully saturated rings. The molecule has 1 unspecified atom stereocenters. The molecule has 5 rings (SSSR count). The first-order chi connectivity index (χ1) is 15.2. The van der Waals surface area contributed by atoms with Crippen LogP contribution in [0, 0.1) is 5.82 Å². The van der Waals surface area contributed by atoms with E-state index in [1.807, 2.05) is 29.2 Å². The molecule has 160 valence electrons. The van der Waals surface area contributed by atoms with Gasteiger partial charge in [-0.05, 0) is 31.0 Å². The van der Waals surface area contributed by atoms with Crippen molar-refractivity contribution < 1.29 is 9.18 Å². The molecule has 1 amide bonds. The van der Waals surface area contributed by atoms with Crippen molar-refractivity contribution >= 4 is 5.91 Å². The highest BCUT2D eigenvalue weighted by Crippen LogP contribution is 2.31. The number of pyridine rings is 1. The summed E-state index contributed by atoms with van der Waals surface area (Å²) in [5, 5.41) is 8.79. The number of fused-ring (bicyclic) bond motifs is 1. The van der Waals surface area contributed by atoms with Crippen LogP contribution in [-0.2, 0) is 17.9 Å². The van der Waals surface area contributed by atoms with E-state index in [1.165, 1.54) is 6.07 Å². The molecule has 7 nitrogen and oxygen atoms in total. The van der Waals surface area contributed by atoms with Crippen LogP contribution >= 0.6 is 0 Å². The van der Waals surface area contributed by atoms with Gasteiger partial charge in [-0.2, -0.15) is 0 Å². The van der Waals surface area contributed by atoms with E-state index in [4.69, 9.17) is 0 Å². The molecule has 1 aromatic carbocycles. The lowest BCUT2D eigenvalue weighted by molar-refractivity contribution is -0.135. The first-order valence-electron chi connectivity index (χ1n) is 10.8. The van der Waals surface area contributed by atoms with Gasteiger partial charge in [0, 0.05) is 62.8 Å². The van der Waals surface area contributed by atoms with Gasteiger partial charge in [-0.3, -0.25) is 14.7 Å². The number of rotatable bonds is 4. The number of carbonyl (C=O) groups is 1. The minimum absolute atomic E-state index is 0.125. The zero-order valence-corrected chi connectivity index (χ0v) is 17.3. The van der Waals surface area contributed by atoms with Gasteiger partial charge in [0.05, 0.1) is 5.92 Å². The van der Waals surface area contributed by atoms with E-state index in [9.17, 15) is 9.18 Å². The maximum atomic E-state index is 13.9. The third-order valence-corrected chi connectivity index (χ3v) is 6.24. The summed E-state index contributed by atoms with van der Waals surface area (Å²) in [6, 6.07) is 10.7. The van der Waals surface area contributed by atoms with Crippen LogP contribution in [0.15, 0.2) is 48.8 Å². The van der Waals surface area contributed by atoms with E-state index >= 15 is 0 Å². The van der Waals surface area contributed by atoms with E-state index in [1.54, 1.807) is 18.5 Å². The van der Waals surface area contributed by atoms with Gasteiger partial charge in [-0.25, -0.2) is 4.39 Å². The Balaban J connectivity index is 1.26. The van der Waals surface area contributed by atoms with E-state index in [0.29, 0.717) is 25.2 Å². The van der Waals surface area contributed by atoms with Crippen molar-refractivity contribution in [1.29, 1.82) is 0 Å². The van der Waals surface area contributed by atoms with Crippen LogP contribution in [0.1, 0.15) is 30.1 Å². The largest absolute Gasteiger partial charge is 0.339 e. The van der Waals surface area contributed by atoms with Gasteiger partial charge in [0.1, 0.15) is 11.6 Å². The van der Waals surface area contributed by atoms with Crippen LogP contribution in [0.5, 0.6) is 0 Å². The first-order valence-corrected chi connectivity index (χ1v) is 10.8. The van der Waals surface area contributed by atoms with Crippen molar-refractivity contribution in [2.24, 2.45) is 0 Å². The SMILES string of the molecule is O=C(C1CCCn2c(-c3ccncc3)nnc21)N1CCN(Cc2ccccc2F)CC1. The molecule has 0 spiro atoms. The number of aromatic nitrogens is 4. The summed E-state index contributed by atoms with van der Waals surface area (Å²) in [5.74, 6) is 1.25. The molecular weight excluding hydrogens is 395 g/mol. The molecule has 4 heterocycles. The van der Waals surface area contributed by atoms with Gasteiger partial charge in [0.25, 0.3) is 0 Å². The predicted octanol–water partition coefficient (Wildman–Crippen LogP) is 2.70. The van der Waals surface area contributed by atoms with Crippen LogP contribution in [-0.4, -0.2) is 61.6 Å². The highest BCUT2D eigenvalue weighted by molar-refractivity contribution is 5.83. The molecule has 0 saturated carbocycles. The number of amides is 1. The fraction of sp³-hybridized carbons (Fsp3) is 0.391. The Labute approximate surface area is 180 Å². The average molecular weight is 420 g/mol. The van der Waals surface area contributed by atoms with Crippen molar-refractivity contribution in [3.63, 3.8) is 0 Å². The fourth-order valence-corrected chi connectivity index (χ4v) is 4.54. The molecule has 2 aliphatic heterocycles. The highest BCUT2D eigenvalue weighted by atomic mass is 19.1. The van der Waals surface area contributed by atoms with Gasteiger partial charge in [-0.15, -0.1) is 10.2 Å². The molecule has 0 bridgehead atoms. The molecular formula is C23H25FN6O. The second-order valence-electron chi connectivity index (χ2n) is 8.16. The summed E-state index contributed by atoms with van der Waals surface area (Å²) < 4.78 is 16.0. The number of hydrogen-bond acceptors (Lipinski definition) is 5. The number of carbonyl (C=O) groups excluding carboxylic acids is 1. The zero-order valence-electron chi connectivity index (χ0n) is 17.3. The minimum Gasteiger partial charge on any atom is -0.339 e. The lowest BCUT2D eigenvalue weighted by atomic mass is 9.96. The lowest BCUT2D eigenvalue weighted by Crippen LogP contribution is -2.50. The molecule has 1 atom stereocenters. The van der Waals surface area contributed by atoms with Crippen molar-refractivity contribution in [3.8, 4) is 11.4 Å². The molecule has 31 heavy (non-hydrogen) atoms. The van der Waals surface area contributed by atoms with Crippen molar-refractivity contribution in [2.75, 3.05) is 26.2 Å². The Bertz CT molecular complexity index is 1060. The monoisotopic (exact) mass is 420 g/mol. The van der Waals surface area contributed by atoms with Crippen molar-refractivity contribution in [3.05, 3.63) is 66.0 Å². The molecule has 2 aromatic heterocycles. The quantitative estimate of drug-likeness (QED) is 0.649. The standard InChI is InChI=1S/C23H25FN6O/c24-20-6-2-1-4-18(20)16-28-12-14-29(15-13-28)23(31)19-5-3-11-30-21(26-27-22(19)30)17-7-9-25-10-8-17/h1-2,4,6-10,19H,3,5,11-16H2. The van der Waals surface area contributed by atoms with Crippen molar-refractivity contribution in [1.82, 2.24) is 29.5 Å². The highest BCUT2D eigenvalue weighted by Gasteiger charge is 2.35. The maximum absolute atomic E-state index is 13.9. The number of piperazine rings is 1. The first kappa shape index (κ1) is 19.8. The topological polar surface area (TPSA) is 67.2 Å². The van der Waals surface area contributed by atoms with Crippen LogP contribution in [0.4, 0.5) is 4.39 Å². The van der Waals surface area contributed by atoms with Crippen LogP contribution in [0.3, 0.4) is 0 Å². The number of hydrogen-bond donors (Lipinski definition) is 0. The summed E-state index contributed by atoms with van der Waals surface area (Å²) in [6.45, 7) is 4.16. The third kappa shape index (κ3) is 3.95. The molecule has 8 heteroatoms. The Kier molecular flexibility index (Phi) is 5.46. The third-order valence-electron chi connectivity index (χ3n) is 6.24. The summed E-state index contributed by atoms with van der Waals surface area (Å²) in [5.41, 5.74) is 1.66. The van der Waals surface area contributed by atoms with E-state index < -0.39 is 0 Å². The normalized spacial score (nSPS) is 19.3. The Hall–Kier alpha value is -3.13. The lowest BCUT2D eigenvalue weighted by Gasteiger charge is -2.37. The molecule has 3 aromatic rings. The zero-order chi connectivity index (χ0) is 21.2. The molecule has 0 aliphatic carbocycles. The van der Waals surface area contributed by atoms with Gasteiger partial charge in [0.2, 0.25) is 5.91 Å². The van der Waals surface area contributed by atoms with Gasteiger partial charge in [-0.1, -0.05) is 18.2 Å². The molecule has 0 N–H and O–H groups in total. The number of benzene rings is 1. The van der Waals surface area contributed by atoms with Gasteiger partial charge in [0.15, 0.2) is 5.82 Å². The Morgan fingerprint density at radius 1 is 1.00 bits per heavy atom. The average Bonchev–Trinajstić information content (AvgIpc) is 3.26. The van der Waals surface area contributed by atoms with E-state index in [0.717, 1.165) is 49.7 Å². The maximum Gasteiger partial charge on any atom is 0.233 e. The predicted molar refractivity (Wildman–Crippen MR) is 113 cm³/mol. The fourth-order valence-electron chi connectivity index (χ4n) is 4.54. The Morgan fingerprint density at radius 3 is 2.55 bits per heavy atom. The minimum atomic E-state index is -0.255. The van der Waals surface area contributed by atoms with E-state index in [2.05, 4.69) is 24.6 Å². The summed E-state index contributed by atoms with van der Waals surface area (Å²) in [4.78, 5) is 21.5. The molecule has 2 aliphatic rings. The van der Waals surface area contributed by atoms with Crippen LogP contribution < -0.4 is 0 Å². The van der Waals surface area contributed by atoms with Crippen LogP contribution in [0.25, 0.3) is 11.4 Å². The van der Waals surface area contributed by atoms with Crippen LogP contribution in [0.2, 0.25) is 0 Å². The van der Waals surface area contributed by atoms with Gasteiger partial charge >= 0.3 is 0 Å². The smallest absolute Gasteiger partial charge is 0.233 e.